The van der Waals surface area contributed by atoms with Crippen LogP contribution in [0.5, 0.6) is 0 Å². The molecule has 0 saturated heterocycles. The first-order chi connectivity index (χ1) is 5.97. The van der Waals surface area contributed by atoms with Gasteiger partial charge in [0.1, 0.15) is 0 Å². The summed E-state index contributed by atoms with van der Waals surface area (Å²) < 4.78 is 0. The highest BCUT2D eigenvalue weighted by molar-refractivity contribution is 6.50. The Morgan fingerprint density at radius 1 is 0.923 bits per heavy atom. The zero-order valence-electron chi connectivity index (χ0n) is 6.73. The van der Waals surface area contributed by atoms with Crippen LogP contribution in [0.2, 0.25) is 0 Å². The van der Waals surface area contributed by atoms with Crippen LogP contribution in [-0.4, -0.2) is 20.2 Å². The van der Waals surface area contributed by atoms with Gasteiger partial charge in [-0.1, -0.05) is 0 Å². The van der Waals surface area contributed by atoms with Crippen molar-refractivity contribution < 1.29 is 0 Å². The number of nitrogens with two attached hydrogens (primary N) is 1. The van der Waals surface area contributed by atoms with Crippen LogP contribution in [0.25, 0.3) is 0 Å². The summed E-state index contributed by atoms with van der Waals surface area (Å²) in [5, 5.41) is 0. The minimum Gasteiger partial charge on any atom is -0.322 e. The average molecular weight is 237 g/mol. The van der Waals surface area contributed by atoms with Crippen LogP contribution < -0.4 is 5.73 Å². The largest absolute Gasteiger partial charge is 0.322 e. The summed E-state index contributed by atoms with van der Waals surface area (Å²) in [5.74, 6) is 2.35. The molecule has 6 aliphatic carbocycles. The molecule has 0 aromatic rings. The fraction of sp³-hybridized carbons (Fsp3) is 1.00. The maximum atomic E-state index is 6.58. The van der Waals surface area contributed by atoms with Crippen molar-refractivity contribution in [3.63, 3.8) is 0 Å². The Labute approximate surface area is 90.9 Å². The first-order valence-corrected chi connectivity index (χ1v) is 5.96. The van der Waals surface area contributed by atoms with E-state index < -0.39 is 0 Å². The van der Waals surface area contributed by atoms with Gasteiger partial charge in [-0.25, -0.2) is 0 Å². The van der Waals surface area contributed by atoms with Gasteiger partial charge < -0.3 is 5.73 Å². The van der Waals surface area contributed by atoms with Gasteiger partial charge in [-0.05, 0) is 30.1 Å². The molecule has 8 unspecified atom stereocenters. The summed E-state index contributed by atoms with van der Waals surface area (Å²) in [4.78, 5) is -1.01. The third-order valence-corrected chi connectivity index (χ3v) is 8.86. The lowest BCUT2D eigenvalue weighted by Crippen LogP contribution is -3.15. The third-order valence-electron chi connectivity index (χ3n) is 6.03. The molecule has 0 heterocycles. The standard InChI is InChI=1S/C9H8Cl3N/c10-6-2-1-3-5-4(2)8(6,12)9(5,13)7(3,6)11/h2-5H,1,13H2. The van der Waals surface area contributed by atoms with Gasteiger partial charge in [-0.15, -0.1) is 34.8 Å². The highest BCUT2D eigenvalue weighted by Crippen LogP contribution is 3.04. The van der Waals surface area contributed by atoms with Crippen molar-refractivity contribution in [2.45, 2.75) is 26.6 Å². The van der Waals surface area contributed by atoms with E-state index in [4.69, 9.17) is 40.5 Å². The zero-order valence-corrected chi connectivity index (χ0v) is 9.00. The molecule has 70 valence electrons. The van der Waals surface area contributed by atoms with Crippen molar-refractivity contribution in [3.05, 3.63) is 0 Å². The van der Waals surface area contributed by atoms with Gasteiger partial charge in [-0.3, -0.25) is 0 Å². The summed E-state index contributed by atoms with van der Waals surface area (Å²) >= 11 is 19.7. The predicted molar refractivity (Wildman–Crippen MR) is 51.2 cm³/mol. The van der Waals surface area contributed by atoms with Crippen LogP contribution in [-0.2, 0) is 0 Å². The first-order valence-electron chi connectivity index (χ1n) is 4.83. The molecular formula is C9H8Cl3N. The summed E-state index contributed by atoms with van der Waals surface area (Å²) in [6, 6.07) is 0. The molecule has 0 spiro atoms. The SMILES string of the molecule is NC12C3C4CC5C3C1(Cl)C5(Cl)C42Cl. The van der Waals surface area contributed by atoms with E-state index >= 15 is 0 Å². The molecule has 2 bridgehead atoms. The molecule has 0 amide bonds. The molecule has 6 rings (SSSR count). The fourth-order valence-electron chi connectivity index (χ4n) is 5.91. The minimum atomic E-state index is -0.345. The van der Waals surface area contributed by atoms with Crippen LogP contribution in [0.1, 0.15) is 6.42 Å². The summed E-state index contributed by atoms with van der Waals surface area (Å²) in [6.07, 6.45) is 1.18. The second-order valence-corrected chi connectivity index (χ2v) is 7.29. The topological polar surface area (TPSA) is 26.0 Å². The van der Waals surface area contributed by atoms with Crippen molar-refractivity contribution in [1.29, 1.82) is 0 Å². The number of rotatable bonds is 0. The molecule has 13 heavy (non-hydrogen) atoms. The van der Waals surface area contributed by atoms with Crippen molar-refractivity contribution in [3.8, 4) is 0 Å². The minimum absolute atomic E-state index is 0.312. The van der Waals surface area contributed by atoms with E-state index in [0.29, 0.717) is 23.7 Å². The maximum Gasteiger partial charge on any atom is 0.0903 e. The van der Waals surface area contributed by atoms with Crippen LogP contribution in [0.15, 0.2) is 0 Å². The molecule has 0 aromatic carbocycles. The predicted octanol–water partition coefficient (Wildman–Crippen LogP) is 1.54. The van der Waals surface area contributed by atoms with Gasteiger partial charge in [-0.2, -0.15) is 0 Å². The lowest BCUT2D eigenvalue weighted by molar-refractivity contribution is -0.337. The molecule has 6 saturated carbocycles. The highest BCUT2D eigenvalue weighted by Gasteiger charge is 3.15. The molecule has 0 radical (unpaired) electrons. The number of alkyl halides is 3. The molecule has 6 fully saturated rings. The van der Waals surface area contributed by atoms with Gasteiger partial charge >= 0.3 is 0 Å². The Hall–Kier alpha value is 0.830. The van der Waals surface area contributed by atoms with E-state index in [9.17, 15) is 0 Å². The van der Waals surface area contributed by atoms with Crippen LogP contribution in [0.4, 0.5) is 0 Å². The lowest BCUT2D eigenvalue weighted by atomic mass is 9.15. The monoisotopic (exact) mass is 235 g/mol. The number of halogens is 3. The van der Waals surface area contributed by atoms with E-state index in [0.717, 1.165) is 0 Å². The highest BCUT2D eigenvalue weighted by atomic mass is 35.5. The Morgan fingerprint density at radius 2 is 1.54 bits per heavy atom. The molecule has 2 N–H and O–H groups in total. The fourth-order valence-corrected chi connectivity index (χ4v) is 8.45. The van der Waals surface area contributed by atoms with E-state index in [2.05, 4.69) is 0 Å². The van der Waals surface area contributed by atoms with E-state index in [1.165, 1.54) is 6.42 Å². The molecule has 1 nitrogen and oxygen atoms in total. The summed E-state index contributed by atoms with van der Waals surface area (Å²) in [6.45, 7) is 0. The smallest absolute Gasteiger partial charge is 0.0903 e. The van der Waals surface area contributed by atoms with Gasteiger partial charge in [0, 0.05) is 0 Å². The third kappa shape index (κ3) is 0.255. The van der Waals surface area contributed by atoms with Crippen molar-refractivity contribution >= 4 is 34.8 Å². The Morgan fingerprint density at radius 3 is 2.15 bits per heavy atom. The Bertz CT molecular complexity index is 360. The van der Waals surface area contributed by atoms with E-state index in [1.807, 2.05) is 0 Å². The second-order valence-electron chi connectivity index (χ2n) is 5.50. The van der Waals surface area contributed by atoms with Crippen LogP contribution in [0, 0.1) is 23.7 Å². The average Bonchev–Trinajstić information content (AvgIpc) is 2.46. The molecule has 0 aromatic heterocycles. The molecule has 0 aliphatic heterocycles. The summed E-state index contributed by atoms with van der Waals surface area (Å²) in [7, 11) is 0. The zero-order chi connectivity index (χ0) is 9.02. The van der Waals surface area contributed by atoms with Crippen molar-refractivity contribution in [2.75, 3.05) is 0 Å². The lowest BCUT2D eigenvalue weighted by Gasteiger charge is -2.99. The maximum absolute atomic E-state index is 6.58. The van der Waals surface area contributed by atoms with Crippen LogP contribution in [0.3, 0.4) is 0 Å². The number of hydrogen-bond donors (Lipinski definition) is 1. The van der Waals surface area contributed by atoms with Gasteiger partial charge in [0.15, 0.2) is 0 Å². The Balaban J connectivity index is 1.92. The van der Waals surface area contributed by atoms with Gasteiger partial charge in [0.2, 0.25) is 0 Å². The van der Waals surface area contributed by atoms with Crippen molar-refractivity contribution in [1.82, 2.24) is 0 Å². The Kier molecular flexibility index (Phi) is 0.691. The van der Waals surface area contributed by atoms with Crippen LogP contribution >= 0.6 is 34.8 Å². The summed E-state index contributed by atoms with van der Waals surface area (Å²) in [5.41, 5.74) is 5.98. The van der Waals surface area contributed by atoms with Gasteiger partial charge in [0.25, 0.3) is 0 Å². The molecular weight excluding hydrogens is 228 g/mol. The normalized spacial score (nSPS) is 95.1. The molecule has 6 aliphatic rings. The molecule has 8 atom stereocenters. The number of hydrogen-bond acceptors (Lipinski definition) is 1. The molecule has 4 heteroatoms. The van der Waals surface area contributed by atoms with Crippen molar-refractivity contribution in [2.24, 2.45) is 29.4 Å². The first kappa shape index (κ1) is 7.16. The van der Waals surface area contributed by atoms with E-state index in [1.54, 1.807) is 0 Å². The van der Waals surface area contributed by atoms with Gasteiger partial charge in [0.05, 0.1) is 20.2 Å². The second kappa shape index (κ2) is 1.25. The quantitative estimate of drug-likeness (QED) is 0.635. The van der Waals surface area contributed by atoms with E-state index in [-0.39, 0.29) is 20.2 Å².